The molecule has 3 heterocycles. The Balaban J connectivity index is 1.64. The van der Waals surface area contributed by atoms with Crippen LogP contribution in [-0.4, -0.2) is 47.1 Å². The first-order chi connectivity index (χ1) is 8.22. The van der Waals surface area contributed by atoms with Gasteiger partial charge < -0.3 is 4.90 Å². The first-order valence-electron chi connectivity index (χ1n) is 6.53. The molecule has 17 heavy (non-hydrogen) atoms. The maximum atomic E-state index is 4.51. The van der Waals surface area contributed by atoms with Gasteiger partial charge >= 0.3 is 0 Å². The van der Waals surface area contributed by atoms with E-state index < -0.39 is 0 Å². The number of nitrogens with zero attached hydrogens (tertiary/aromatic N) is 4. The zero-order valence-corrected chi connectivity index (χ0v) is 10.7. The molecule has 2 aliphatic rings. The van der Waals surface area contributed by atoms with Crippen LogP contribution >= 0.6 is 0 Å². The number of aryl methyl sites for hydroxylation is 2. The molecule has 0 N–H and O–H groups in total. The van der Waals surface area contributed by atoms with Gasteiger partial charge in [0.25, 0.3) is 0 Å². The van der Waals surface area contributed by atoms with Crippen molar-refractivity contribution in [1.82, 2.24) is 14.9 Å². The van der Waals surface area contributed by atoms with Crippen LogP contribution in [0.5, 0.6) is 0 Å². The average Bonchev–Trinajstić information content (AvgIpc) is 2.66. The van der Waals surface area contributed by atoms with Crippen LogP contribution in [0.4, 0.5) is 5.82 Å². The zero-order chi connectivity index (χ0) is 11.8. The van der Waals surface area contributed by atoms with Crippen LogP contribution in [0.25, 0.3) is 0 Å². The lowest BCUT2D eigenvalue weighted by Gasteiger charge is -2.44. The molecular formula is C13H20N4. The number of likely N-dealkylation sites (tertiary alicyclic amines) is 1. The summed E-state index contributed by atoms with van der Waals surface area (Å²) in [5, 5.41) is 0. The van der Waals surface area contributed by atoms with Crippen molar-refractivity contribution in [2.75, 3.05) is 31.1 Å². The van der Waals surface area contributed by atoms with Gasteiger partial charge in [-0.1, -0.05) is 0 Å². The van der Waals surface area contributed by atoms with Crippen molar-refractivity contribution in [2.24, 2.45) is 0 Å². The molecule has 0 unspecified atom stereocenters. The highest BCUT2D eigenvalue weighted by molar-refractivity contribution is 5.43. The van der Waals surface area contributed by atoms with Gasteiger partial charge in [0.2, 0.25) is 0 Å². The van der Waals surface area contributed by atoms with Crippen LogP contribution in [0.1, 0.15) is 24.4 Å². The Bertz CT molecular complexity index is 386. The highest BCUT2D eigenvalue weighted by Crippen LogP contribution is 2.24. The summed E-state index contributed by atoms with van der Waals surface area (Å²) in [7, 11) is 0. The smallest absolute Gasteiger partial charge is 0.132 e. The SMILES string of the molecule is Cc1cc(N2CC(N3CCCC3)C2)nc(C)n1. The van der Waals surface area contributed by atoms with Crippen molar-refractivity contribution in [3.8, 4) is 0 Å². The summed E-state index contributed by atoms with van der Waals surface area (Å²) >= 11 is 0. The normalized spacial score (nSPS) is 21.9. The van der Waals surface area contributed by atoms with Gasteiger partial charge in [-0.3, -0.25) is 4.90 Å². The van der Waals surface area contributed by atoms with Crippen molar-refractivity contribution in [3.05, 3.63) is 17.6 Å². The van der Waals surface area contributed by atoms with E-state index in [4.69, 9.17) is 0 Å². The van der Waals surface area contributed by atoms with Crippen LogP contribution in [0.3, 0.4) is 0 Å². The zero-order valence-electron chi connectivity index (χ0n) is 10.7. The predicted octanol–water partition coefficient (Wildman–Crippen LogP) is 1.38. The molecule has 2 aliphatic heterocycles. The van der Waals surface area contributed by atoms with Gasteiger partial charge in [0.05, 0.1) is 0 Å². The van der Waals surface area contributed by atoms with Crippen LogP contribution in [0.15, 0.2) is 6.07 Å². The molecule has 4 heteroatoms. The molecule has 4 nitrogen and oxygen atoms in total. The molecule has 1 aromatic rings. The Labute approximate surface area is 103 Å². The van der Waals surface area contributed by atoms with E-state index in [0.717, 1.165) is 36.5 Å². The fraction of sp³-hybridized carbons (Fsp3) is 0.692. The van der Waals surface area contributed by atoms with Crippen molar-refractivity contribution < 1.29 is 0 Å². The minimum Gasteiger partial charge on any atom is -0.353 e. The Hall–Kier alpha value is -1.16. The molecule has 0 aliphatic carbocycles. The molecule has 0 radical (unpaired) electrons. The number of rotatable bonds is 2. The molecule has 92 valence electrons. The second kappa shape index (κ2) is 4.26. The van der Waals surface area contributed by atoms with Crippen molar-refractivity contribution in [2.45, 2.75) is 32.7 Å². The summed E-state index contributed by atoms with van der Waals surface area (Å²) in [6.45, 7) is 8.86. The fourth-order valence-electron chi connectivity index (χ4n) is 2.84. The van der Waals surface area contributed by atoms with Gasteiger partial charge in [0.1, 0.15) is 11.6 Å². The number of hydrogen-bond donors (Lipinski definition) is 0. The van der Waals surface area contributed by atoms with Crippen LogP contribution in [0, 0.1) is 13.8 Å². The predicted molar refractivity (Wildman–Crippen MR) is 68.3 cm³/mol. The molecule has 1 aromatic heterocycles. The highest BCUT2D eigenvalue weighted by atomic mass is 15.3. The van der Waals surface area contributed by atoms with Crippen LogP contribution in [-0.2, 0) is 0 Å². The highest BCUT2D eigenvalue weighted by Gasteiger charge is 2.33. The van der Waals surface area contributed by atoms with Crippen LogP contribution in [0.2, 0.25) is 0 Å². The molecule has 3 rings (SSSR count). The number of anilines is 1. The van der Waals surface area contributed by atoms with Gasteiger partial charge in [-0.05, 0) is 39.8 Å². The summed E-state index contributed by atoms with van der Waals surface area (Å²) in [5.74, 6) is 1.98. The monoisotopic (exact) mass is 232 g/mol. The van der Waals surface area contributed by atoms with Crippen molar-refractivity contribution in [3.63, 3.8) is 0 Å². The largest absolute Gasteiger partial charge is 0.353 e. The molecular weight excluding hydrogens is 212 g/mol. The van der Waals surface area contributed by atoms with E-state index in [-0.39, 0.29) is 0 Å². The van der Waals surface area contributed by atoms with Gasteiger partial charge in [-0.25, -0.2) is 9.97 Å². The Morgan fingerprint density at radius 2 is 1.82 bits per heavy atom. The molecule has 0 amide bonds. The molecule has 2 saturated heterocycles. The van der Waals surface area contributed by atoms with Gasteiger partial charge in [0.15, 0.2) is 0 Å². The van der Waals surface area contributed by atoms with E-state index in [1.165, 1.54) is 25.9 Å². The first kappa shape index (κ1) is 11.0. The minimum atomic E-state index is 0.757. The van der Waals surface area contributed by atoms with Crippen LogP contribution < -0.4 is 4.90 Å². The first-order valence-corrected chi connectivity index (χ1v) is 6.53. The second-order valence-corrected chi connectivity index (χ2v) is 5.22. The molecule has 0 bridgehead atoms. The minimum absolute atomic E-state index is 0.757. The Morgan fingerprint density at radius 3 is 2.47 bits per heavy atom. The summed E-state index contributed by atoms with van der Waals surface area (Å²) in [5.41, 5.74) is 1.07. The quantitative estimate of drug-likeness (QED) is 0.771. The second-order valence-electron chi connectivity index (χ2n) is 5.22. The van der Waals surface area contributed by atoms with Crippen molar-refractivity contribution in [1.29, 1.82) is 0 Å². The van der Waals surface area contributed by atoms with E-state index in [1.54, 1.807) is 0 Å². The van der Waals surface area contributed by atoms with Gasteiger partial charge in [0, 0.05) is 30.9 Å². The third-order valence-electron chi connectivity index (χ3n) is 3.80. The molecule has 2 fully saturated rings. The lowest BCUT2D eigenvalue weighted by atomic mass is 10.1. The van der Waals surface area contributed by atoms with E-state index in [1.807, 2.05) is 13.8 Å². The topological polar surface area (TPSA) is 32.3 Å². The van der Waals surface area contributed by atoms with E-state index in [9.17, 15) is 0 Å². The van der Waals surface area contributed by atoms with E-state index >= 15 is 0 Å². The Kier molecular flexibility index (Phi) is 2.74. The third-order valence-corrected chi connectivity index (χ3v) is 3.80. The molecule has 0 aromatic carbocycles. The van der Waals surface area contributed by atoms with E-state index in [2.05, 4.69) is 25.8 Å². The summed E-state index contributed by atoms with van der Waals surface area (Å²) in [6.07, 6.45) is 2.75. The number of aromatic nitrogens is 2. The molecule has 0 atom stereocenters. The summed E-state index contributed by atoms with van der Waals surface area (Å²) in [6, 6.07) is 2.85. The van der Waals surface area contributed by atoms with Gasteiger partial charge in [-0.2, -0.15) is 0 Å². The molecule has 0 saturated carbocycles. The van der Waals surface area contributed by atoms with E-state index in [0.29, 0.717) is 0 Å². The standard InChI is InChI=1S/C13H20N4/c1-10-7-13(15-11(2)14-10)17-8-12(9-17)16-5-3-4-6-16/h7,12H,3-6,8-9H2,1-2H3. The molecule has 0 spiro atoms. The summed E-state index contributed by atoms with van der Waals surface area (Å²) in [4.78, 5) is 13.8. The van der Waals surface area contributed by atoms with Crippen molar-refractivity contribution >= 4 is 5.82 Å². The maximum absolute atomic E-state index is 4.51. The third kappa shape index (κ3) is 2.14. The fourth-order valence-corrected chi connectivity index (χ4v) is 2.84. The lowest BCUT2D eigenvalue weighted by Crippen LogP contribution is -2.59. The van der Waals surface area contributed by atoms with Gasteiger partial charge in [-0.15, -0.1) is 0 Å². The summed E-state index contributed by atoms with van der Waals surface area (Å²) < 4.78 is 0. The lowest BCUT2D eigenvalue weighted by molar-refractivity contribution is 0.204. The number of hydrogen-bond acceptors (Lipinski definition) is 4. The maximum Gasteiger partial charge on any atom is 0.132 e. The average molecular weight is 232 g/mol. The Morgan fingerprint density at radius 1 is 1.12 bits per heavy atom.